The number of thiazole rings is 1. The van der Waals surface area contributed by atoms with Gasteiger partial charge in [0.05, 0.1) is 10.6 Å². The van der Waals surface area contributed by atoms with Crippen molar-refractivity contribution in [1.82, 2.24) is 4.98 Å². The first-order valence-corrected chi connectivity index (χ1v) is 6.97. The highest BCUT2D eigenvalue weighted by Crippen LogP contribution is 2.25. The summed E-state index contributed by atoms with van der Waals surface area (Å²) < 4.78 is 5.84. The first kappa shape index (κ1) is 13.7. The van der Waals surface area contributed by atoms with Crippen molar-refractivity contribution in [3.05, 3.63) is 44.9 Å². The van der Waals surface area contributed by atoms with E-state index in [0.29, 0.717) is 6.61 Å². The van der Waals surface area contributed by atoms with Gasteiger partial charge in [-0.25, -0.2) is 4.98 Å². The van der Waals surface area contributed by atoms with Gasteiger partial charge in [0.1, 0.15) is 17.4 Å². The Labute approximate surface area is 117 Å². The van der Waals surface area contributed by atoms with Crippen LogP contribution in [0.2, 0.25) is 0 Å². The molecule has 0 amide bonds. The van der Waals surface area contributed by atoms with Crippen molar-refractivity contribution < 1.29 is 9.53 Å². The minimum atomic E-state index is 0.0633. The van der Waals surface area contributed by atoms with Crippen LogP contribution >= 0.6 is 11.3 Å². The van der Waals surface area contributed by atoms with Crippen LogP contribution in [-0.2, 0) is 6.61 Å². The fourth-order valence-electron chi connectivity index (χ4n) is 2.00. The Kier molecular flexibility index (Phi) is 4.00. The molecule has 3 nitrogen and oxygen atoms in total. The van der Waals surface area contributed by atoms with Crippen molar-refractivity contribution in [3.63, 3.8) is 0 Å². The molecule has 0 aliphatic carbocycles. The van der Waals surface area contributed by atoms with E-state index in [9.17, 15) is 4.79 Å². The largest absolute Gasteiger partial charge is 0.486 e. The van der Waals surface area contributed by atoms with E-state index >= 15 is 0 Å². The van der Waals surface area contributed by atoms with Crippen LogP contribution in [0.15, 0.2) is 18.2 Å². The Balaban J connectivity index is 2.15. The third kappa shape index (κ3) is 3.01. The summed E-state index contributed by atoms with van der Waals surface area (Å²) in [5, 5.41) is 0.838. The number of aromatic nitrogens is 1. The smallest absolute Gasteiger partial charge is 0.171 e. The lowest BCUT2D eigenvalue weighted by Gasteiger charge is -2.10. The molecule has 2 rings (SSSR count). The van der Waals surface area contributed by atoms with E-state index in [4.69, 9.17) is 4.74 Å². The highest BCUT2D eigenvalue weighted by Gasteiger charge is 2.12. The number of nitrogens with zero attached hydrogens (tertiary/aromatic N) is 1. The van der Waals surface area contributed by atoms with E-state index < -0.39 is 0 Å². The van der Waals surface area contributed by atoms with Gasteiger partial charge < -0.3 is 4.74 Å². The van der Waals surface area contributed by atoms with Crippen molar-refractivity contribution in [2.24, 2.45) is 0 Å². The number of benzene rings is 1. The van der Waals surface area contributed by atoms with Crippen molar-refractivity contribution in [2.45, 2.75) is 34.3 Å². The van der Waals surface area contributed by atoms with Crippen LogP contribution in [-0.4, -0.2) is 10.8 Å². The third-order valence-corrected chi connectivity index (χ3v) is 4.14. The van der Waals surface area contributed by atoms with Gasteiger partial charge in [-0.3, -0.25) is 4.79 Å². The second-order valence-electron chi connectivity index (χ2n) is 4.59. The van der Waals surface area contributed by atoms with Crippen LogP contribution in [0, 0.1) is 20.8 Å². The highest BCUT2D eigenvalue weighted by molar-refractivity contribution is 7.13. The molecule has 0 unspecified atom stereocenters. The van der Waals surface area contributed by atoms with Gasteiger partial charge in [0.2, 0.25) is 0 Å². The van der Waals surface area contributed by atoms with Gasteiger partial charge in [0, 0.05) is 6.92 Å². The van der Waals surface area contributed by atoms with Crippen molar-refractivity contribution in [1.29, 1.82) is 0 Å². The molecule has 0 bridgehead atoms. The fourth-order valence-corrected chi connectivity index (χ4v) is 2.87. The average Bonchev–Trinajstić information content (AvgIpc) is 2.70. The number of para-hydroxylation sites is 1. The topological polar surface area (TPSA) is 39.2 Å². The molecule has 2 aromatic rings. The zero-order valence-corrected chi connectivity index (χ0v) is 12.4. The van der Waals surface area contributed by atoms with Crippen LogP contribution in [0.1, 0.15) is 38.4 Å². The molecular weight excluding hydrogens is 258 g/mol. The Hall–Kier alpha value is -1.68. The molecule has 19 heavy (non-hydrogen) atoms. The Bertz CT molecular complexity index is 596. The lowest BCUT2D eigenvalue weighted by molar-refractivity contribution is 0.102. The van der Waals surface area contributed by atoms with E-state index in [1.807, 2.05) is 39.0 Å². The minimum absolute atomic E-state index is 0.0633. The molecule has 0 atom stereocenters. The molecule has 0 aliphatic rings. The summed E-state index contributed by atoms with van der Waals surface area (Å²) in [6.07, 6.45) is 0. The van der Waals surface area contributed by atoms with Crippen LogP contribution in [0.3, 0.4) is 0 Å². The zero-order valence-electron chi connectivity index (χ0n) is 11.6. The lowest BCUT2D eigenvalue weighted by Crippen LogP contribution is -1.98. The molecule has 0 saturated carbocycles. The molecule has 1 aromatic heterocycles. The second-order valence-corrected chi connectivity index (χ2v) is 5.67. The number of carbonyl (C=O) groups excluding carboxylic acids is 1. The lowest BCUT2D eigenvalue weighted by atomic mass is 10.1. The summed E-state index contributed by atoms with van der Waals surface area (Å²) in [6, 6.07) is 6.06. The first-order valence-electron chi connectivity index (χ1n) is 6.15. The van der Waals surface area contributed by atoms with Crippen LogP contribution in [0.4, 0.5) is 0 Å². The molecule has 4 heteroatoms. The normalized spacial score (nSPS) is 10.5. The quantitative estimate of drug-likeness (QED) is 0.796. The maximum atomic E-state index is 11.4. The number of Topliss-reactive ketones (excluding diaryl/α,β-unsaturated/α-hetero) is 1. The van der Waals surface area contributed by atoms with Crippen molar-refractivity contribution >= 4 is 17.1 Å². The number of carbonyl (C=O) groups is 1. The predicted molar refractivity (Wildman–Crippen MR) is 77.1 cm³/mol. The Morgan fingerprint density at radius 1 is 1.26 bits per heavy atom. The van der Waals surface area contributed by atoms with E-state index in [1.54, 1.807) is 6.92 Å². The van der Waals surface area contributed by atoms with Gasteiger partial charge in [-0.05, 0) is 31.9 Å². The van der Waals surface area contributed by atoms with E-state index in [1.165, 1.54) is 11.3 Å². The van der Waals surface area contributed by atoms with Crippen molar-refractivity contribution in [2.75, 3.05) is 0 Å². The summed E-state index contributed by atoms with van der Waals surface area (Å²) in [6.45, 7) is 7.88. The summed E-state index contributed by atoms with van der Waals surface area (Å²) >= 11 is 1.41. The highest BCUT2D eigenvalue weighted by atomic mass is 32.1. The molecule has 0 saturated heterocycles. The van der Waals surface area contributed by atoms with E-state index in [2.05, 4.69) is 4.98 Å². The number of ether oxygens (including phenoxy) is 1. The molecule has 1 heterocycles. The zero-order chi connectivity index (χ0) is 14.0. The fraction of sp³-hybridized carbons (Fsp3) is 0.333. The number of aryl methyl sites for hydroxylation is 3. The van der Waals surface area contributed by atoms with Gasteiger partial charge in [-0.2, -0.15) is 0 Å². The second kappa shape index (κ2) is 5.53. The Morgan fingerprint density at radius 2 is 1.89 bits per heavy atom. The average molecular weight is 275 g/mol. The number of hydrogen-bond donors (Lipinski definition) is 0. The summed E-state index contributed by atoms with van der Waals surface area (Å²) in [5.41, 5.74) is 3.01. The summed E-state index contributed by atoms with van der Waals surface area (Å²) in [4.78, 5) is 16.5. The molecule has 0 radical (unpaired) electrons. The van der Waals surface area contributed by atoms with Gasteiger partial charge in [0.25, 0.3) is 0 Å². The molecule has 100 valence electrons. The minimum Gasteiger partial charge on any atom is -0.486 e. The molecule has 0 spiro atoms. The first-order chi connectivity index (χ1) is 8.99. The maximum Gasteiger partial charge on any atom is 0.171 e. The summed E-state index contributed by atoms with van der Waals surface area (Å²) in [7, 11) is 0. The van der Waals surface area contributed by atoms with E-state index in [-0.39, 0.29) is 5.78 Å². The monoisotopic (exact) mass is 275 g/mol. The molecule has 0 aliphatic heterocycles. The van der Waals surface area contributed by atoms with E-state index in [0.717, 1.165) is 32.5 Å². The SMILES string of the molecule is CC(=O)c1sc(COc2c(C)cccc2C)nc1C. The van der Waals surface area contributed by atoms with Crippen LogP contribution in [0.25, 0.3) is 0 Å². The molecular formula is C15H17NO2S. The van der Waals surface area contributed by atoms with Gasteiger partial charge >= 0.3 is 0 Å². The Morgan fingerprint density at radius 3 is 2.42 bits per heavy atom. The predicted octanol–water partition coefficient (Wildman–Crippen LogP) is 3.85. The molecule has 1 aromatic carbocycles. The molecule has 0 N–H and O–H groups in total. The van der Waals surface area contributed by atoms with Crippen LogP contribution in [0.5, 0.6) is 5.75 Å². The van der Waals surface area contributed by atoms with Gasteiger partial charge in [-0.15, -0.1) is 11.3 Å². The molecule has 0 fully saturated rings. The number of ketones is 1. The number of hydrogen-bond acceptors (Lipinski definition) is 4. The standard InChI is InChI=1S/C15H17NO2S/c1-9-6-5-7-10(2)14(9)18-8-13-16-11(3)15(19-13)12(4)17/h5-7H,8H2,1-4H3. The van der Waals surface area contributed by atoms with Crippen molar-refractivity contribution in [3.8, 4) is 5.75 Å². The number of rotatable bonds is 4. The maximum absolute atomic E-state index is 11.4. The summed E-state index contributed by atoms with van der Waals surface area (Å²) in [5.74, 6) is 0.966. The van der Waals surface area contributed by atoms with Gasteiger partial charge in [0.15, 0.2) is 5.78 Å². The third-order valence-electron chi connectivity index (χ3n) is 2.91. The van der Waals surface area contributed by atoms with Gasteiger partial charge in [-0.1, -0.05) is 18.2 Å². The van der Waals surface area contributed by atoms with Crippen LogP contribution < -0.4 is 4.74 Å².